The van der Waals surface area contributed by atoms with E-state index in [1.807, 2.05) is 30.3 Å². The van der Waals surface area contributed by atoms with Gasteiger partial charge in [0.2, 0.25) is 0 Å². The Morgan fingerprint density at radius 2 is 1.54 bits per heavy atom. The van der Waals surface area contributed by atoms with Gasteiger partial charge in [-0.2, -0.15) is 0 Å². The molecule has 3 aromatic carbocycles. The zero-order chi connectivity index (χ0) is 16.8. The molecule has 0 aliphatic carbocycles. The molecule has 24 heavy (non-hydrogen) atoms. The SMILES string of the molecule is O=C(Nc1ccccc1)c1ccccc1N=Cc1ccccc1F. The van der Waals surface area contributed by atoms with Crippen LogP contribution in [0.1, 0.15) is 15.9 Å². The van der Waals surface area contributed by atoms with Crippen molar-refractivity contribution in [3.05, 3.63) is 95.8 Å². The average Bonchev–Trinajstić information content (AvgIpc) is 2.62. The third-order valence-corrected chi connectivity index (χ3v) is 3.43. The Morgan fingerprint density at radius 1 is 0.875 bits per heavy atom. The molecule has 0 bridgehead atoms. The molecule has 0 aliphatic rings. The second-order valence-electron chi connectivity index (χ2n) is 5.12. The van der Waals surface area contributed by atoms with Gasteiger partial charge in [0.25, 0.3) is 5.91 Å². The van der Waals surface area contributed by atoms with E-state index in [1.54, 1.807) is 42.5 Å². The van der Waals surface area contributed by atoms with Crippen LogP contribution in [0, 0.1) is 5.82 Å². The van der Waals surface area contributed by atoms with E-state index in [9.17, 15) is 9.18 Å². The van der Waals surface area contributed by atoms with Gasteiger partial charge < -0.3 is 5.32 Å². The molecule has 1 N–H and O–H groups in total. The van der Waals surface area contributed by atoms with Crippen molar-refractivity contribution in [3.63, 3.8) is 0 Å². The van der Waals surface area contributed by atoms with E-state index >= 15 is 0 Å². The fourth-order valence-electron chi connectivity index (χ4n) is 2.22. The molecule has 0 aromatic heterocycles. The van der Waals surface area contributed by atoms with Crippen molar-refractivity contribution >= 4 is 23.5 Å². The summed E-state index contributed by atoms with van der Waals surface area (Å²) in [4.78, 5) is 16.7. The summed E-state index contributed by atoms with van der Waals surface area (Å²) in [5, 5.41) is 2.82. The maximum Gasteiger partial charge on any atom is 0.257 e. The zero-order valence-electron chi connectivity index (χ0n) is 12.8. The minimum absolute atomic E-state index is 0.262. The monoisotopic (exact) mass is 318 g/mol. The van der Waals surface area contributed by atoms with Gasteiger partial charge in [0.15, 0.2) is 0 Å². The van der Waals surface area contributed by atoms with Crippen molar-refractivity contribution in [1.82, 2.24) is 0 Å². The normalized spacial score (nSPS) is 10.7. The molecular formula is C20H15FN2O. The summed E-state index contributed by atoms with van der Waals surface area (Å²) in [6.45, 7) is 0. The maximum atomic E-state index is 13.7. The number of hydrogen-bond donors (Lipinski definition) is 1. The number of aliphatic imine (C=N–C) groups is 1. The predicted octanol–water partition coefficient (Wildman–Crippen LogP) is 4.83. The van der Waals surface area contributed by atoms with Gasteiger partial charge >= 0.3 is 0 Å². The molecule has 0 heterocycles. The van der Waals surface area contributed by atoms with Crippen LogP contribution in [0.3, 0.4) is 0 Å². The number of para-hydroxylation sites is 2. The molecule has 0 atom stereocenters. The molecule has 0 aliphatic heterocycles. The summed E-state index contributed by atoms with van der Waals surface area (Å²) in [6.07, 6.45) is 1.42. The smallest absolute Gasteiger partial charge is 0.257 e. The van der Waals surface area contributed by atoms with Crippen molar-refractivity contribution in [3.8, 4) is 0 Å². The fourth-order valence-corrected chi connectivity index (χ4v) is 2.22. The Hall–Kier alpha value is -3.27. The Morgan fingerprint density at radius 3 is 2.33 bits per heavy atom. The van der Waals surface area contributed by atoms with Crippen LogP contribution in [0.25, 0.3) is 0 Å². The van der Waals surface area contributed by atoms with Crippen LogP contribution in [0.5, 0.6) is 0 Å². The van der Waals surface area contributed by atoms with Gasteiger partial charge in [-0.3, -0.25) is 9.79 Å². The molecule has 3 rings (SSSR count). The Bertz CT molecular complexity index is 876. The molecule has 3 nitrogen and oxygen atoms in total. The van der Waals surface area contributed by atoms with E-state index in [-0.39, 0.29) is 11.7 Å². The lowest BCUT2D eigenvalue weighted by Gasteiger charge is -2.07. The van der Waals surface area contributed by atoms with Crippen molar-refractivity contribution in [2.24, 2.45) is 4.99 Å². The summed E-state index contributed by atoms with van der Waals surface area (Å²) >= 11 is 0. The number of nitrogens with one attached hydrogen (secondary N) is 1. The second kappa shape index (κ2) is 7.33. The molecule has 0 spiro atoms. The highest BCUT2D eigenvalue weighted by molar-refractivity contribution is 6.08. The minimum atomic E-state index is -0.354. The number of anilines is 1. The van der Waals surface area contributed by atoms with E-state index in [4.69, 9.17) is 0 Å². The number of carbonyl (C=O) groups excluding carboxylic acids is 1. The highest BCUT2D eigenvalue weighted by Crippen LogP contribution is 2.20. The van der Waals surface area contributed by atoms with Gasteiger partial charge in [-0.05, 0) is 30.3 Å². The third kappa shape index (κ3) is 3.73. The lowest BCUT2D eigenvalue weighted by Crippen LogP contribution is -2.11. The first kappa shape index (κ1) is 15.6. The summed E-state index contributed by atoms with van der Waals surface area (Å²) in [5.41, 5.74) is 1.98. The number of rotatable bonds is 4. The number of amides is 1. The van der Waals surface area contributed by atoms with Gasteiger partial charge in [-0.15, -0.1) is 0 Å². The van der Waals surface area contributed by atoms with Crippen LogP contribution in [-0.4, -0.2) is 12.1 Å². The molecule has 0 unspecified atom stereocenters. The Kier molecular flexibility index (Phi) is 4.77. The highest BCUT2D eigenvalue weighted by Gasteiger charge is 2.10. The lowest BCUT2D eigenvalue weighted by molar-refractivity contribution is 0.102. The highest BCUT2D eigenvalue weighted by atomic mass is 19.1. The van der Waals surface area contributed by atoms with Crippen molar-refractivity contribution in [2.75, 3.05) is 5.32 Å². The van der Waals surface area contributed by atoms with Crippen LogP contribution in [0.2, 0.25) is 0 Å². The van der Waals surface area contributed by atoms with Crippen molar-refractivity contribution in [1.29, 1.82) is 0 Å². The van der Waals surface area contributed by atoms with E-state index in [1.165, 1.54) is 12.3 Å². The summed E-state index contributed by atoms with van der Waals surface area (Å²) < 4.78 is 13.7. The van der Waals surface area contributed by atoms with Crippen molar-refractivity contribution in [2.45, 2.75) is 0 Å². The van der Waals surface area contributed by atoms with Gasteiger partial charge in [0.05, 0.1) is 11.3 Å². The van der Waals surface area contributed by atoms with Gasteiger partial charge in [0, 0.05) is 17.5 Å². The molecule has 3 aromatic rings. The molecule has 0 saturated carbocycles. The molecular weight excluding hydrogens is 303 g/mol. The van der Waals surface area contributed by atoms with E-state index in [0.29, 0.717) is 22.5 Å². The number of carbonyl (C=O) groups is 1. The maximum absolute atomic E-state index is 13.7. The molecule has 4 heteroatoms. The molecule has 118 valence electrons. The molecule has 0 fully saturated rings. The van der Waals surface area contributed by atoms with Crippen LogP contribution in [0.15, 0.2) is 83.9 Å². The predicted molar refractivity (Wildman–Crippen MR) is 94.5 cm³/mol. The lowest BCUT2D eigenvalue weighted by atomic mass is 10.1. The molecule has 1 amide bonds. The average molecular weight is 318 g/mol. The van der Waals surface area contributed by atoms with Crippen LogP contribution < -0.4 is 5.32 Å². The first-order valence-electron chi connectivity index (χ1n) is 7.48. The van der Waals surface area contributed by atoms with E-state index in [2.05, 4.69) is 10.3 Å². The first-order valence-corrected chi connectivity index (χ1v) is 7.48. The Balaban J connectivity index is 1.85. The third-order valence-electron chi connectivity index (χ3n) is 3.43. The largest absolute Gasteiger partial charge is 0.322 e. The molecule has 0 radical (unpaired) electrons. The topological polar surface area (TPSA) is 41.5 Å². The van der Waals surface area contributed by atoms with Gasteiger partial charge in [-0.25, -0.2) is 4.39 Å². The van der Waals surface area contributed by atoms with Crippen LogP contribution in [0.4, 0.5) is 15.8 Å². The van der Waals surface area contributed by atoms with Crippen LogP contribution in [-0.2, 0) is 0 Å². The number of hydrogen-bond acceptors (Lipinski definition) is 2. The van der Waals surface area contributed by atoms with E-state index in [0.717, 1.165) is 0 Å². The Labute approximate surface area is 139 Å². The summed E-state index contributed by atoms with van der Waals surface area (Å²) in [7, 11) is 0. The van der Waals surface area contributed by atoms with Crippen molar-refractivity contribution < 1.29 is 9.18 Å². The standard InChI is InChI=1S/C20H15FN2O/c21-18-12-6-4-8-15(18)14-22-19-13-7-5-11-17(19)20(24)23-16-9-2-1-3-10-16/h1-14H,(H,23,24). The number of benzene rings is 3. The van der Waals surface area contributed by atoms with Gasteiger partial charge in [-0.1, -0.05) is 48.5 Å². The zero-order valence-corrected chi connectivity index (χ0v) is 12.8. The molecule has 0 saturated heterocycles. The van der Waals surface area contributed by atoms with Gasteiger partial charge in [0.1, 0.15) is 5.82 Å². The minimum Gasteiger partial charge on any atom is -0.322 e. The number of nitrogens with zero attached hydrogens (tertiary/aromatic N) is 1. The number of halogens is 1. The fraction of sp³-hybridized carbons (Fsp3) is 0. The van der Waals surface area contributed by atoms with Crippen LogP contribution >= 0.6 is 0 Å². The quantitative estimate of drug-likeness (QED) is 0.688. The second-order valence-corrected chi connectivity index (χ2v) is 5.12. The first-order chi connectivity index (χ1) is 11.7. The summed E-state index contributed by atoms with van der Waals surface area (Å²) in [5.74, 6) is -0.616. The van der Waals surface area contributed by atoms with E-state index < -0.39 is 0 Å². The summed E-state index contributed by atoms with van der Waals surface area (Å²) in [6, 6.07) is 22.5.